The minimum absolute atomic E-state index is 0.00574. The second kappa shape index (κ2) is 10.2. The lowest BCUT2D eigenvalue weighted by atomic mass is 9.90. The van der Waals surface area contributed by atoms with Gasteiger partial charge in [-0.3, -0.25) is 19.6 Å². The lowest BCUT2D eigenvalue weighted by Gasteiger charge is -2.30. The number of aromatic nitrogens is 2. The topological polar surface area (TPSA) is 109 Å². The molecular weight excluding hydrogens is 525 g/mol. The summed E-state index contributed by atoms with van der Waals surface area (Å²) in [6, 6.07) is 7.15. The predicted octanol–water partition coefficient (Wildman–Crippen LogP) is 4.03. The van der Waals surface area contributed by atoms with Crippen LogP contribution in [0.3, 0.4) is 0 Å². The number of halogens is 6. The summed E-state index contributed by atoms with van der Waals surface area (Å²) in [5, 5.41) is 9.06. The number of nitrogens with one attached hydrogen (secondary N) is 2. The molecule has 0 radical (unpaired) electrons. The molecule has 1 aromatic heterocycles. The summed E-state index contributed by atoms with van der Waals surface area (Å²) in [6.07, 6.45) is -4.42. The SMILES string of the molecule is N#Cc1cc(Cl)cc(Oc2c(C(F)(F)F)ncn(CC3CC(c4cc(F)cc(F)c4)C(=O)NN3)c2=O)c1. The minimum atomic E-state index is -5.05. The number of carbonyl (C=O) groups is 1. The standard InChI is InChI=1S/C23H15ClF5N5O3/c24-13-1-11(8-30)2-17(5-13)37-19-20(23(27,28)29)31-10-34(22(19)36)9-16-7-18(21(35)33-32-16)12-3-14(25)6-15(26)4-12/h1-6,10,16,18,32H,7,9H2,(H,33,35). The van der Waals surface area contributed by atoms with Gasteiger partial charge in [0.2, 0.25) is 11.7 Å². The highest BCUT2D eigenvalue weighted by Crippen LogP contribution is 2.35. The van der Waals surface area contributed by atoms with Crippen LogP contribution < -0.4 is 21.1 Å². The number of benzene rings is 2. The highest BCUT2D eigenvalue weighted by atomic mass is 35.5. The molecule has 1 aliphatic heterocycles. The van der Waals surface area contributed by atoms with Gasteiger partial charge in [-0.2, -0.15) is 18.4 Å². The van der Waals surface area contributed by atoms with Crippen LogP contribution in [-0.4, -0.2) is 21.5 Å². The zero-order chi connectivity index (χ0) is 26.9. The van der Waals surface area contributed by atoms with Crippen molar-refractivity contribution >= 4 is 17.5 Å². The maximum Gasteiger partial charge on any atom is 0.437 e. The molecule has 0 aliphatic carbocycles. The molecule has 3 aromatic rings. The van der Waals surface area contributed by atoms with Crippen molar-refractivity contribution in [2.45, 2.75) is 31.1 Å². The molecule has 1 amide bonds. The Morgan fingerprint density at radius 2 is 1.84 bits per heavy atom. The maximum absolute atomic E-state index is 13.7. The molecule has 4 rings (SSSR count). The molecule has 14 heteroatoms. The highest BCUT2D eigenvalue weighted by Gasteiger charge is 2.39. The molecule has 2 atom stereocenters. The number of ether oxygens (including phenoxy) is 1. The quantitative estimate of drug-likeness (QED) is 0.474. The van der Waals surface area contributed by atoms with Gasteiger partial charge in [0, 0.05) is 23.7 Å². The van der Waals surface area contributed by atoms with Crippen LogP contribution in [0.25, 0.3) is 0 Å². The third-order valence-electron chi connectivity index (χ3n) is 5.43. The fraction of sp³-hybridized carbons (Fsp3) is 0.217. The van der Waals surface area contributed by atoms with E-state index in [2.05, 4.69) is 15.8 Å². The maximum atomic E-state index is 13.7. The summed E-state index contributed by atoms with van der Waals surface area (Å²) < 4.78 is 74.2. The van der Waals surface area contributed by atoms with E-state index in [9.17, 15) is 31.5 Å². The van der Waals surface area contributed by atoms with Crippen molar-refractivity contribution in [3.05, 3.63) is 86.6 Å². The predicted molar refractivity (Wildman–Crippen MR) is 119 cm³/mol. The Hall–Kier alpha value is -4.02. The van der Waals surface area contributed by atoms with Crippen LogP contribution in [0.2, 0.25) is 5.02 Å². The summed E-state index contributed by atoms with van der Waals surface area (Å²) in [7, 11) is 0. The molecule has 2 N–H and O–H groups in total. The largest absolute Gasteiger partial charge is 0.449 e. The van der Waals surface area contributed by atoms with Gasteiger partial charge in [-0.05, 0) is 42.3 Å². The average molecular weight is 540 g/mol. The van der Waals surface area contributed by atoms with Crippen molar-refractivity contribution in [1.82, 2.24) is 20.4 Å². The number of alkyl halides is 3. The summed E-state index contributed by atoms with van der Waals surface area (Å²) in [5.41, 5.74) is 2.21. The van der Waals surface area contributed by atoms with E-state index in [1.807, 2.05) is 0 Å². The van der Waals surface area contributed by atoms with Gasteiger partial charge in [-0.1, -0.05) is 11.6 Å². The normalized spacial score (nSPS) is 17.7. The summed E-state index contributed by atoms with van der Waals surface area (Å²) >= 11 is 5.88. The molecule has 8 nitrogen and oxygen atoms in total. The minimum Gasteiger partial charge on any atom is -0.449 e. The first kappa shape index (κ1) is 26.1. The van der Waals surface area contributed by atoms with E-state index >= 15 is 0 Å². The monoisotopic (exact) mass is 539 g/mol. The molecule has 2 heterocycles. The van der Waals surface area contributed by atoms with E-state index in [-0.39, 0.29) is 34.9 Å². The van der Waals surface area contributed by atoms with Crippen LogP contribution in [0.4, 0.5) is 22.0 Å². The molecule has 0 bridgehead atoms. The van der Waals surface area contributed by atoms with Crippen molar-refractivity contribution < 1.29 is 31.5 Å². The molecule has 2 unspecified atom stereocenters. The highest BCUT2D eigenvalue weighted by molar-refractivity contribution is 6.30. The lowest BCUT2D eigenvalue weighted by Crippen LogP contribution is -2.54. The number of rotatable bonds is 5. The summed E-state index contributed by atoms with van der Waals surface area (Å²) in [5.74, 6) is -4.79. The van der Waals surface area contributed by atoms with Crippen LogP contribution in [0.5, 0.6) is 11.5 Å². The Morgan fingerprint density at radius 3 is 2.49 bits per heavy atom. The molecule has 0 saturated carbocycles. The molecule has 1 aliphatic rings. The van der Waals surface area contributed by atoms with Crippen molar-refractivity contribution in [3.8, 4) is 17.6 Å². The average Bonchev–Trinajstić information content (AvgIpc) is 2.81. The van der Waals surface area contributed by atoms with Gasteiger partial charge in [0.1, 0.15) is 17.4 Å². The van der Waals surface area contributed by atoms with Gasteiger partial charge in [-0.15, -0.1) is 0 Å². The van der Waals surface area contributed by atoms with Gasteiger partial charge >= 0.3 is 6.18 Å². The van der Waals surface area contributed by atoms with Crippen molar-refractivity contribution in [2.75, 3.05) is 0 Å². The molecule has 37 heavy (non-hydrogen) atoms. The molecule has 192 valence electrons. The first-order chi connectivity index (χ1) is 17.4. The lowest BCUT2D eigenvalue weighted by molar-refractivity contribution is -0.142. The Morgan fingerprint density at radius 1 is 1.14 bits per heavy atom. The zero-order valence-corrected chi connectivity index (χ0v) is 19.2. The van der Waals surface area contributed by atoms with Crippen molar-refractivity contribution in [3.63, 3.8) is 0 Å². The third kappa shape index (κ3) is 5.87. The molecular formula is C23H15ClF5N5O3. The van der Waals surface area contributed by atoms with Gasteiger partial charge in [0.15, 0.2) is 5.69 Å². The van der Waals surface area contributed by atoms with Crippen LogP contribution in [0, 0.1) is 23.0 Å². The Labute approximate surface area is 210 Å². The van der Waals surface area contributed by atoms with Crippen molar-refractivity contribution in [1.29, 1.82) is 5.26 Å². The number of amides is 1. The third-order valence-corrected chi connectivity index (χ3v) is 5.64. The number of carbonyl (C=O) groups excluding carboxylic acids is 1. The van der Waals surface area contributed by atoms with E-state index < -0.39 is 52.7 Å². The van der Waals surface area contributed by atoms with Crippen LogP contribution >= 0.6 is 11.6 Å². The summed E-state index contributed by atoms with van der Waals surface area (Å²) in [6.45, 7) is -0.284. The Balaban J connectivity index is 1.66. The number of nitriles is 1. The Kier molecular flexibility index (Phi) is 7.15. The van der Waals surface area contributed by atoms with Gasteiger partial charge in [0.25, 0.3) is 5.56 Å². The summed E-state index contributed by atoms with van der Waals surface area (Å²) in [4.78, 5) is 28.7. The van der Waals surface area contributed by atoms with Crippen LogP contribution in [0.15, 0.2) is 47.5 Å². The van der Waals surface area contributed by atoms with Crippen molar-refractivity contribution in [2.24, 2.45) is 0 Å². The van der Waals surface area contributed by atoms with E-state index in [4.69, 9.17) is 21.6 Å². The fourth-order valence-electron chi connectivity index (χ4n) is 3.83. The number of nitrogens with zero attached hydrogens (tertiary/aromatic N) is 3. The number of hydrogen-bond acceptors (Lipinski definition) is 6. The van der Waals surface area contributed by atoms with Crippen LogP contribution in [-0.2, 0) is 17.5 Å². The first-order valence-corrected chi connectivity index (χ1v) is 10.9. The molecule has 1 fully saturated rings. The number of hydrazine groups is 1. The molecule has 2 aromatic carbocycles. The van der Waals surface area contributed by atoms with E-state index in [0.29, 0.717) is 12.4 Å². The second-order valence-corrected chi connectivity index (χ2v) is 8.53. The zero-order valence-electron chi connectivity index (χ0n) is 18.4. The van der Waals surface area contributed by atoms with E-state index in [0.717, 1.165) is 28.8 Å². The molecule has 1 saturated heterocycles. The van der Waals surface area contributed by atoms with Gasteiger partial charge in [-0.25, -0.2) is 19.2 Å². The fourth-order valence-corrected chi connectivity index (χ4v) is 4.06. The smallest absolute Gasteiger partial charge is 0.437 e. The second-order valence-electron chi connectivity index (χ2n) is 8.09. The molecule has 0 spiro atoms. The van der Waals surface area contributed by atoms with Gasteiger partial charge < -0.3 is 4.74 Å². The van der Waals surface area contributed by atoms with Crippen LogP contribution in [0.1, 0.15) is 29.2 Å². The van der Waals surface area contributed by atoms with Gasteiger partial charge in [0.05, 0.1) is 23.9 Å². The van der Waals surface area contributed by atoms with E-state index in [1.54, 1.807) is 6.07 Å². The van der Waals surface area contributed by atoms with E-state index in [1.165, 1.54) is 6.07 Å². The Bertz CT molecular complexity index is 1450. The number of hydrogen-bond donors (Lipinski definition) is 2. The first-order valence-electron chi connectivity index (χ1n) is 10.5.